The first kappa shape index (κ1) is 22.3. The molecule has 0 unspecified atom stereocenters. The third kappa shape index (κ3) is 7.95. The third-order valence-electron chi connectivity index (χ3n) is 3.86. The molecule has 1 aliphatic heterocycles. The molecule has 158 valence electrons. The maximum absolute atomic E-state index is 11.9. The summed E-state index contributed by atoms with van der Waals surface area (Å²) in [4.78, 5) is 24.6. The molecule has 28 heavy (non-hydrogen) atoms. The molecule has 1 aromatic heterocycles. The van der Waals surface area contributed by atoms with Crippen LogP contribution in [-0.2, 0) is 19.1 Å². The van der Waals surface area contributed by atoms with Crippen molar-refractivity contribution >= 4 is 29.5 Å². The van der Waals surface area contributed by atoms with Gasteiger partial charge in [-0.25, -0.2) is 0 Å². The van der Waals surface area contributed by atoms with Gasteiger partial charge in [0.2, 0.25) is 5.82 Å². The van der Waals surface area contributed by atoms with Crippen LogP contribution in [0.4, 0.5) is 5.82 Å². The number of carbonyl (C=O) groups excluding carboxylic acids is 1. The average Bonchev–Trinajstić information content (AvgIpc) is 3.11. The van der Waals surface area contributed by atoms with Gasteiger partial charge in [0.1, 0.15) is 12.7 Å². The molecule has 1 saturated heterocycles. The lowest BCUT2D eigenvalue weighted by atomic mass is 10.1. The molecule has 2 N–H and O–H groups in total. The quantitative estimate of drug-likeness (QED) is 0.532. The molecule has 0 radical (unpaired) electrons. The molecule has 0 aliphatic carbocycles. The van der Waals surface area contributed by atoms with Gasteiger partial charge in [-0.15, -0.1) is 4.37 Å². The summed E-state index contributed by atoms with van der Waals surface area (Å²) in [5.74, 6) is -0.556. The van der Waals surface area contributed by atoms with Crippen LogP contribution in [0.3, 0.4) is 0 Å². The highest BCUT2D eigenvalue weighted by molar-refractivity contribution is 6.99. The van der Waals surface area contributed by atoms with Crippen molar-refractivity contribution in [3.05, 3.63) is 0 Å². The Bertz CT molecular complexity index is 642. The summed E-state index contributed by atoms with van der Waals surface area (Å²) in [5, 5.41) is 12.0. The summed E-state index contributed by atoms with van der Waals surface area (Å²) in [5.41, 5.74) is -0.174. The van der Waals surface area contributed by atoms with Gasteiger partial charge in [-0.3, -0.25) is 9.59 Å². The molecule has 0 saturated carbocycles. The monoisotopic (exact) mass is 416 g/mol. The summed E-state index contributed by atoms with van der Waals surface area (Å²) >= 11 is 1.06. The number of rotatable bonds is 10. The van der Waals surface area contributed by atoms with Crippen LogP contribution in [0.2, 0.25) is 0 Å². The van der Waals surface area contributed by atoms with Gasteiger partial charge in [-0.1, -0.05) is 0 Å². The van der Waals surface area contributed by atoms with Gasteiger partial charge in [-0.05, 0) is 20.8 Å². The number of nitrogens with one attached hydrogen (secondary N) is 1. The Balaban J connectivity index is 1.94. The third-order valence-corrected chi connectivity index (χ3v) is 4.36. The Hall–Kier alpha value is -1.98. The molecular formula is C17H28N4O6S. The molecular weight excluding hydrogens is 388 g/mol. The van der Waals surface area contributed by atoms with Crippen LogP contribution in [0.1, 0.15) is 33.6 Å². The number of hydrogen-bond acceptors (Lipinski definition) is 10. The zero-order valence-electron chi connectivity index (χ0n) is 16.5. The minimum Gasteiger partial charge on any atom is -0.481 e. The minimum atomic E-state index is -1.04. The number of anilines is 1. The van der Waals surface area contributed by atoms with E-state index >= 15 is 0 Å². The number of hydrogen-bond donors (Lipinski definition) is 2. The van der Waals surface area contributed by atoms with E-state index in [9.17, 15) is 9.59 Å². The van der Waals surface area contributed by atoms with E-state index in [4.69, 9.17) is 19.3 Å². The SMILES string of the molecule is CC(C)(C)NC[C@@H](COc1nsnc1N1CCOCC1)OC(=O)CCC(=O)O. The summed E-state index contributed by atoms with van der Waals surface area (Å²) in [6, 6.07) is 0. The lowest BCUT2D eigenvalue weighted by molar-refractivity contribution is -0.153. The van der Waals surface area contributed by atoms with E-state index < -0.39 is 18.0 Å². The van der Waals surface area contributed by atoms with Crippen molar-refractivity contribution in [2.24, 2.45) is 0 Å². The molecule has 0 aromatic carbocycles. The predicted octanol–water partition coefficient (Wildman–Crippen LogP) is 0.918. The standard InChI is InChI=1S/C17H28N4O6S/c1-17(2,3)18-10-12(27-14(24)5-4-13(22)23)11-26-16-15(19-28-20-16)21-6-8-25-9-7-21/h12,18H,4-11H2,1-3H3,(H,22,23)/t12-/m0/s1. The van der Waals surface area contributed by atoms with Gasteiger partial charge in [-0.2, -0.15) is 4.37 Å². The number of aromatic nitrogens is 2. The minimum absolute atomic E-state index is 0.0879. The van der Waals surface area contributed by atoms with Crippen molar-refractivity contribution in [1.29, 1.82) is 0 Å². The fraction of sp³-hybridized carbons (Fsp3) is 0.765. The first-order chi connectivity index (χ1) is 13.2. The Labute approximate surface area is 168 Å². The number of aliphatic carboxylic acids is 1. The molecule has 1 fully saturated rings. The second-order valence-corrected chi connectivity index (χ2v) is 7.97. The van der Waals surface area contributed by atoms with Crippen LogP contribution in [0.25, 0.3) is 0 Å². The molecule has 1 atom stereocenters. The summed E-state index contributed by atoms with van der Waals surface area (Å²) < 4.78 is 25.1. The van der Waals surface area contributed by atoms with E-state index in [1.807, 2.05) is 25.7 Å². The zero-order valence-corrected chi connectivity index (χ0v) is 17.3. The number of carboxylic acid groups (broad SMARTS) is 1. The molecule has 1 aliphatic rings. The van der Waals surface area contributed by atoms with E-state index in [1.165, 1.54) is 0 Å². The second kappa shape index (κ2) is 10.5. The Morgan fingerprint density at radius 2 is 2.00 bits per heavy atom. The number of ether oxygens (including phenoxy) is 3. The van der Waals surface area contributed by atoms with Crippen LogP contribution in [0.15, 0.2) is 0 Å². The van der Waals surface area contributed by atoms with Gasteiger partial charge in [0, 0.05) is 25.2 Å². The lowest BCUT2D eigenvalue weighted by Crippen LogP contribution is -2.44. The largest absolute Gasteiger partial charge is 0.481 e. The normalized spacial score (nSPS) is 15.9. The Morgan fingerprint density at radius 3 is 2.64 bits per heavy atom. The molecule has 2 heterocycles. The van der Waals surface area contributed by atoms with Gasteiger partial charge in [0.05, 0.1) is 37.8 Å². The van der Waals surface area contributed by atoms with E-state index in [0.29, 0.717) is 44.5 Å². The van der Waals surface area contributed by atoms with Crippen LogP contribution >= 0.6 is 11.7 Å². The summed E-state index contributed by atoms with van der Waals surface area (Å²) in [7, 11) is 0. The van der Waals surface area contributed by atoms with Crippen LogP contribution in [-0.4, -0.2) is 76.9 Å². The predicted molar refractivity (Wildman–Crippen MR) is 103 cm³/mol. The Morgan fingerprint density at radius 1 is 1.29 bits per heavy atom. The summed E-state index contributed by atoms with van der Waals surface area (Å²) in [6.45, 7) is 9.11. The highest BCUT2D eigenvalue weighted by Crippen LogP contribution is 2.26. The lowest BCUT2D eigenvalue weighted by Gasteiger charge is -2.27. The molecule has 1 aromatic rings. The molecule has 0 spiro atoms. The van der Waals surface area contributed by atoms with Crippen molar-refractivity contribution < 1.29 is 28.9 Å². The van der Waals surface area contributed by atoms with E-state index in [0.717, 1.165) is 11.7 Å². The average molecular weight is 417 g/mol. The van der Waals surface area contributed by atoms with Crippen molar-refractivity contribution in [2.45, 2.75) is 45.3 Å². The van der Waals surface area contributed by atoms with Gasteiger partial charge in [0.25, 0.3) is 5.88 Å². The van der Waals surface area contributed by atoms with E-state index in [-0.39, 0.29) is 25.0 Å². The first-order valence-corrected chi connectivity index (χ1v) is 9.92. The van der Waals surface area contributed by atoms with Crippen LogP contribution < -0.4 is 15.0 Å². The van der Waals surface area contributed by atoms with Crippen LogP contribution in [0.5, 0.6) is 5.88 Å². The van der Waals surface area contributed by atoms with Crippen molar-refractivity contribution in [1.82, 2.24) is 14.1 Å². The first-order valence-electron chi connectivity index (χ1n) is 9.19. The number of morpholine rings is 1. The maximum Gasteiger partial charge on any atom is 0.306 e. The Kier molecular flexibility index (Phi) is 8.39. The van der Waals surface area contributed by atoms with Gasteiger partial charge in [0.15, 0.2) is 0 Å². The highest BCUT2D eigenvalue weighted by Gasteiger charge is 2.23. The van der Waals surface area contributed by atoms with Crippen molar-refractivity contribution in [3.63, 3.8) is 0 Å². The highest BCUT2D eigenvalue weighted by atomic mass is 32.1. The zero-order chi connectivity index (χ0) is 20.6. The summed E-state index contributed by atoms with van der Waals surface area (Å²) in [6.07, 6.45) is -1.03. The number of esters is 1. The van der Waals surface area contributed by atoms with Gasteiger partial charge >= 0.3 is 11.9 Å². The van der Waals surface area contributed by atoms with E-state index in [2.05, 4.69) is 14.1 Å². The smallest absolute Gasteiger partial charge is 0.306 e. The number of nitrogens with zero attached hydrogens (tertiary/aromatic N) is 3. The van der Waals surface area contributed by atoms with Crippen LogP contribution in [0, 0.1) is 0 Å². The van der Waals surface area contributed by atoms with Gasteiger partial charge < -0.3 is 29.5 Å². The number of carboxylic acids is 1. The fourth-order valence-electron chi connectivity index (χ4n) is 2.42. The topological polar surface area (TPSA) is 123 Å². The van der Waals surface area contributed by atoms with Crippen molar-refractivity contribution in [3.8, 4) is 5.88 Å². The molecule has 11 heteroatoms. The van der Waals surface area contributed by atoms with Crippen molar-refractivity contribution in [2.75, 3.05) is 44.4 Å². The second-order valence-electron chi connectivity index (χ2n) is 7.44. The molecule has 2 rings (SSSR count). The molecule has 0 amide bonds. The molecule has 10 nitrogen and oxygen atoms in total. The number of carbonyl (C=O) groups is 2. The maximum atomic E-state index is 11.9. The molecule has 0 bridgehead atoms. The van der Waals surface area contributed by atoms with E-state index in [1.54, 1.807) is 0 Å². The fourth-order valence-corrected chi connectivity index (χ4v) is 2.94.